The molecule has 1 aliphatic heterocycles. The number of benzene rings is 3. The van der Waals surface area contributed by atoms with Crippen molar-refractivity contribution < 1.29 is 14.3 Å². The van der Waals surface area contributed by atoms with Crippen LogP contribution < -0.4 is 4.90 Å². The Labute approximate surface area is 164 Å². The highest BCUT2D eigenvalue weighted by Crippen LogP contribution is 2.42. The molecular formula is C24H21NO3. The van der Waals surface area contributed by atoms with E-state index < -0.39 is 11.9 Å². The standard InChI is InChI=1S/C24H21NO3/c1-2-28-24(27)23(26)25-16-18-12-6-7-13-19(18)22(17-10-4-3-5-11-17)20-14-8-9-15-21(20)25/h3-15,22H,2,16H2,1H3. The number of ether oxygens (including phenoxy) is 1. The van der Waals surface area contributed by atoms with Crippen LogP contribution in [0, 0.1) is 0 Å². The summed E-state index contributed by atoms with van der Waals surface area (Å²) in [5.74, 6) is -1.49. The topological polar surface area (TPSA) is 46.6 Å². The molecule has 0 saturated heterocycles. The molecule has 4 heteroatoms. The maximum atomic E-state index is 12.9. The molecule has 4 rings (SSSR count). The van der Waals surface area contributed by atoms with Crippen molar-refractivity contribution in [1.29, 1.82) is 0 Å². The number of para-hydroxylation sites is 1. The average molecular weight is 371 g/mol. The zero-order chi connectivity index (χ0) is 19.5. The van der Waals surface area contributed by atoms with E-state index in [0.29, 0.717) is 6.54 Å². The second-order valence-electron chi connectivity index (χ2n) is 6.71. The fourth-order valence-electron chi connectivity index (χ4n) is 3.85. The number of carbonyl (C=O) groups is 2. The van der Waals surface area contributed by atoms with Crippen LogP contribution in [0.4, 0.5) is 5.69 Å². The summed E-state index contributed by atoms with van der Waals surface area (Å²) in [5, 5.41) is 0. The Morgan fingerprint density at radius 2 is 1.54 bits per heavy atom. The van der Waals surface area contributed by atoms with Crippen LogP contribution in [0.15, 0.2) is 78.9 Å². The van der Waals surface area contributed by atoms with Crippen molar-refractivity contribution in [3.05, 3.63) is 101 Å². The van der Waals surface area contributed by atoms with Crippen molar-refractivity contribution in [2.75, 3.05) is 11.5 Å². The molecule has 1 unspecified atom stereocenters. The van der Waals surface area contributed by atoms with Crippen molar-refractivity contribution in [2.24, 2.45) is 0 Å². The molecule has 1 aliphatic rings. The van der Waals surface area contributed by atoms with Gasteiger partial charge in [-0.1, -0.05) is 72.8 Å². The number of hydrogen-bond donors (Lipinski definition) is 0. The van der Waals surface area contributed by atoms with E-state index in [4.69, 9.17) is 4.74 Å². The Bertz CT molecular complexity index is 1010. The number of carbonyl (C=O) groups excluding carboxylic acids is 2. The third-order valence-electron chi connectivity index (χ3n) is 5.06. The first-order valence-corrected chi connectivity index (χ1v) is 9.41. The van der Waals surface area contributed by atoms with Crippen molar-refractivity contribution >= 4 is 17.6 Å². The van der Waals surface area contributed by atoms with E-state index in [9.17, 15) is 9.59 Å². The van der Waals surface area contributed by atoms with E-state index in [1.54, 1.807) is 6.92 Å². The van der Waals surface area contributed by atoms with Gasteiger partial charge in [0.15, 0.2) is 0 Å². The van der Waals surface area contributed by atoms with Crippen LogP contribution in [0.5, 0.6) is 0 Å². The Kier molecular flexibility index (Phi) is 4.94. The number of anilines is 1. The molecule has 0 aliphatic carbocycles. The van der Waals surface area contributed by atoms with Gasteiger partial charge in [0.25, 0.3) is 0 Å². The van der Waals surface area contributed by atoms with Crippen molar-refractivity contribution in [3.63, 3.8) is 0 Å². The van der Waals surface area contributed by atoms with Gasteiger partial charge in [0, 0.05) is 11.6 Å². The van der Waals surface area contributed by atoms with E-state index in [2.05, 4.69) is 18.2 Å². The second kappa shape index (κ2) is 7.69. The maximum absolute atomic E-state index is 12.9. The lowest BCUT2D eigenvalue weighted by Gasteiger charge is -2.23. The first-order valence-electron chi connectivity index (χ1n) is 9.41. The summed E-state index contributed by atoms with van der Waals surface area (Å²) < 4.78 is 4.98. The molecule has 0 fully saturated rings. The minimum absolute atomic E-state index is 0.0198. The minimum Gasteiger partial charge on any atom is -0.459 e. The molecule has 3 aromatic carbocycles. The molecule has 1 atom stereocenters. The predicted octanol–water partition coefficient (Wildman–Crippen LogP) is 4.28. The molecule has 4 nitrogen and oxygen atoms in total. The van der Waals surface area contributed by atoms with Crippen LogP contribution in [0.25, 0.3) is 0 Å². The van der Waals surface area contributed by atoms with Gasteiger partial charge in [0.05, 0.1) is 13.2 Å². The van der Waals surface area contributed by atoms with Gasteiger partial charge in [-0.15, -0.1) is 0 Å². The zero-order valence-electron chi connectivity index (χ0n) is 15.7. The van der Waals surface area contributed by atoms with Gasteiger partial charge in [-0.2, -0.15) is 0 Å². The summed E-state index contributed by atoms with van der Waals surface area (Å²) in [4.78, 5) is 26.7. The molecule has 0 saturated carbocycles. The third-order valence-corrected chi connectivity index (χ3v) is 5.06. The number of esters is 1. The highest BCUT2D eigenvalue weighted by molar-refractivity contribution is 6.38. The largest absolute Gasteiger partial charge is 0.459 e. The molecule has 0 bridgehead atoms. The Morgan fingerprint density at radius 3 is 2.29 bits per heavy atom. The van der Waals surface area contributed by atoms with Crippen LogP contribution in [-0.4, -0.2) is 18.5 Å². The highest BCUT2D eigenvalue weighted by Gasteiger charge is 2.33. The lowest BCUT2D eigenvalue weighted by atomic mass is 9.83. The lowest BCUT2D eigenvalue weighted by molar-refractivity contribution is -0.153. The normalized spacial score (nSPS) is 15.2. The predicted molar refractivity (Wildman–Crippen MR) is 108 cm³/mol. The molecule has 1 amide bonds. The van der Waals surface area contributed by atoms with Gasteiger partial charge >= 0.3 is 11.9 Å². The minimum atomic E-state index is -0.826. The molecule has 0 spiro atoms. The van der Waals surface area contributed by atoms with Crippen molar-refractivity contribution in [1.82, 2.24) is 0 Å². The SMILES string of the molecule is CCOC(=O)C(=O)N1Cc2ccccc2C(c2ccccc2)c2ccccc21. The summed E-state index contributed by atoms with van der Waals surface area (Å²) in [6.45, 7) is 2.19. The molecule has 3 aromatic rings. The van der Waals surface area contributed by atoms with Crippen LogP contribution in [0.1, 0.15) is 35.1 Å². The molecule has 28 heavy (non-hydrogen) atoms. The summed E-state index contributed by atoms with van der Waals surface area (Å²) in [6, 6.07) is 26.1. The van der Waals surface area contributed by atoms with Gasteiger partial charge in [0.2, 0.25) is 0 Å². The number of fused-ring (bicyclic) bond motifs is 2. The monoisotopic (exact) mass is 371 g/mol. The molecule has 1 heterocycles. The number of rotatable bonds is 2. The summed E-state index contributed by atoms with van der Waals surface area (Å²) in [7, 11) is 0. The van der Waals surface area contributed by atoms with Gasteiger partial charge in [-0.3, -0.25) is 9.69 Å². The van der Waals surface area contributed by atoms with Gasteiger partial charge < -0.3 is 4.74 Å². The fourth-order valence-corrected chi connectivity index (χ4v) is 3.85. The molecule has 140 valence electrons. The first-order chi connectivity index (χ1) is 13.7. The third kappa shape index (κ3) is 3.18. The smallest absolute Gasteiger partial charge is 0.397 e. The van der Waals surface area contributed by atoms with Crippen molar-refractivity contribution in [2.45, 2.75) is 19.4 Å². The van der Waals surface area contributed by atoms with Crippen LogP contribution in [0.2, 0.25) is 0 Å². The molecule has 0 N–H and O–H groups in total. The zero-order valence-corrected chi connectivity index (χ0v) is 15.7. The van der Waals surface area contributed by atoms with E-state index in [0.717, 1.165) is 27.9 Å². The molecule has 0 aromatic heterocycles. The number of nitrogens with zero attached hydrogens (tertiary/aromatic N) is 1. The first kappa shape index (κ1) is 18.0. The quantitative estimate of drug-likeness (QED) is 0.499. The fraction of sp³-hybridized carbons (Fsp3) is 0.167. The van der Waals surface area contributed by atoms with Crippen LogP contribution in [0.3, 0.4) is 0 Å². The number of amides is 1. The van der Waals surface area contributed by atoms with Crippen LogP contribution >= 0.6 is 0 Å². The summed E-state index contributed by atoms with van der Waals surface area (Å²) >= 11 is 0. The van der Waals surface area contributed by atoms with Crippen molar-refractivity contribution in [3.8, 4) is 0 Å². The van der Waals surface area contributed by atoms with Crippen LogP contribution in [-0.2, 0) is 20.9 Å². The summed E-state index contributed by atoms with van der Waals surface area (Å²) in [6.07, 6.45) is 0. The highest BCUT2D eigenvalue weighted by atomic mass is 16.5. The Morgan fingerprint density at radius 1 is 0.893 bits per heavy atom. The number of hydrogen-bond acceptors (Lipinski definition) is 3. The van der Waals surface area contributed by atoms with E-state index in [-0.39, 0.29) is 12.5 Å². The van der Waals surface area contributed by atoms with Gasteiger partial charge in [-0.25, -0.2) is 4.79 Å². The average Bonchev–Trinajstić information content (AvgIpc) is 2.88. The van der Waals surface area contributed by atoms with E-state index >= 15 is 0 Å². The van der Waals surface area contributed by atoms with Gasteiger partial charge in [-0.05, 0) is 35.2 Å². The Hall–Kier alpha value is -3.40. The lowest BCUT2D eigenvalue weighted by Crippen LogP contribution is -2.37. The maximum Gasteiger partial charge on any atom is 0.397 e. The Balaban J connectivity index is 1.92. The molecule has 0 radical (unpaired) electrons. The van der Waals surface area contributed by atoms with Gasteiger partial charge in [0.1, 0.15) is 0 Å². The second-order valence-corrected chi connectivity index (χ2v) is 6.71. The molecular weight excluding hydrogens is 350 g/mol. The summed E-state index contributed by atoms with van der Waals surface area (Å²) in [5.41, 5.74) is 5.04. The van der Waals surface area contributed by atoms with E-state index in [1.807, 2.05) is 60.7 Å². The van der Waals surface area contributed by atoms with E-state index in [1.165, 1.54) is 4.90 Å².